The molecule has 1 rings (SSSR count). The fourth-order valence-corrected chi connectivity index (χ4v) is 1.39. The zero-order chi connectivity index (χ0) is 13.8. The van der Waals surface area contributed by atoms with Crippen molar-refractivity contribution in [1.29, 1.82) is 0 Å². The van der Waals surface area contributed by atoms with E-state index in [9.17, 15) is 18.0 Å². The van der Waals surface area contributed by atoms with Crippen LogP contribution in [0.4, 0.5) is 13.2 Å². The molecule has 0 bridgehead atoms. The number of rotatable bonds is 4. The van der Waals surface area contributed by atoms with E-state index in [1.165, 1.54) is 0 Å². The van der Waals surface area contributed by atoms with Gasteiger partial charge in [0, 0.05) is 5.02 Å². The highest BCUT2D eigenvalue weighted by Gasteiger charge is 2.27. The first kappa shape index (κ1) is 14.6. The molecule has 0 fully saturated rings. The van der Waals surface area contributed by atoms with Crippen molar-refractivity contribution < 1.29 is 22.7 Å². The molecule has 0 aliphatic rings. The molecule has 1 amide bonds. The summed E-state index contributed by atoms with van der Waals surface area (Å²) in [7, 11) is 0. The molecule has 0 saturated carbocycles. The minimum absolute atomic E-state index is 0.404. The molecule has 0 aromatic heterocycles. The maximum absolute atomic E-state index is 11.8. The number of alkyl halides is 3. The van der Waals surface area contributed by atoms with E-state index in [2.05, 4.69) is 0 Å². The molecule has 0 aliphatic heterocycles. The predicted octanol–water partition coefficient (Wildman–Crippen LogP) is 2.71. The molecule has 1 N–H and O–H groups in total. The number of halogens is 4. The molecule has 0 aliphatic carbocycles. The maximum Gasteiger partial charge on any atom is 0.405 e. The largest absolute Gasteiger partial charge is 0.484 e. The van der Waals surface area contributed by atoms with Crippen molar-refractivity contribution in [1.82, 2.24) is 5.32 Å². The molecule has 0 heterocycles. The number of ether oxygens (including phenoxy) is 1. The minimum Gasteiger partial charge on any atom is -0.484 e. The molecule has 3 nitrogen and oxygen atoms in total. The van der Waals surface area contributed by atoms with Crippen LogP contribution in [0, 0.1) is 6.92 Å². The van der Waals surface area contributed by atoms with Crippen molar-refractivity contribution in [3.63, 3.8) is 0 Å². The quantitative estimate of drug-likeness (QED) is 0.921. The summed E-state index contributed by atoms with van der Waals surface area (Å²) in [6, 6.07) is 4.75. The summed E-state index contributed by atoms with van der Waals surface area (Å²) in [5.74, 6) is -0.428. The van der Waals surface area contributed by atoms with Gasteiger partial charge in [-0.15, -0.1) is 0 Å². The zero-order valence-corrected chi connectivity index (χ0v) is 10.2. The summed E-state index contributed by atoms with van der Waals surface area (Å²) in [6.07, 6.45) is -4.42. The van der Waals surface area contributed by atoms with Crippen molar-refractivity contribution >= 4 is 17.5 Å². The molecular formula is C11H11ClF3NO2. The summed E-state index contributed by atoms with van der Waals surface area (Å²) in [6.45, 7) is -0.123. The van der Waals surface area contributed by atoms with Gasteiger partial charge in [-0.05, 0) is 30.7 Å². The molecule has 18 heavy (non-hydrogen) atoms. The van der Waals surface area contributed by atoms with Gasteiger partial charge in [-0.1, -0.05) is 11.6 Å². The van der Waals surface area contributed by atoms with Crippen LogP contribution in [0.15, 0.2) is 18.2 Å². The van der Waals surface area contributed by atoms with Gasteiger partial charge in [0.2, 0.25) is 0 Å². The topological polar surface area (TPSA) is 38.3 Å². The third-order valence-electron chi connectivity index (χ3n) is 1.98. The van der Waals surface area contributed by atoms with Gasteiger partial charge in [0.25, 0.3) is 5.91 Å². The van der Waals surface area contributed by atoms with Crippen molar-refractivity contribution in [3.05, 3.63) is 28.8 Å². The number of benzene rings is 1. The Labute approximate surface area is 107 Å². The molecule has 0 saturated heterocycles. The first-order chi connectivity index (χ1) is 8.28. The van der Waals surface area contributed by atoms with Crippen LogP contribution in [0.3, 0.4) is 0 Å². The van der Waals surface area contributed by atoms with Crippen LogP contribution in [0.2, 0.25) is 5.02 Å². The van der Waals surface area contributed by atoms with E-state index in [0.717, 1.165) is 0 Å². The number of nitrogens with one attached hydrogen (secondary N) is 1. The lowest BCUT2D eigenvalue weighted by Gasteiger charge is -2.11. The molecule has 0 radical (unpaired) electrons. The number of hydrogen-bond donors (Lipinski definition) is 1. The second-order valence-electron chi connectivity index (χ2n) is 3.59. The Bertz CT molecular complexity index is 435. The number of carbonyl (C=O) groups excluding carboxylic acids is 1. The average Bonchev–Trinajstić information content (AvgIpc) is 2.24. The highest BCUT2D eigenvalue weighted by molar-refractivity contribution is 6.30. The van der Waals surface area contributed by atoms with E-state index in [4.69, 9.17) is 16.3 Å². The minimum atomic E-state index is -4.42. The summed E-state index contributed by atoms with van der Waals surface area (Å²) in [5.41, 5.74) is 0.700. The van der Waals surface area contributed by atoms with Gasteiger partial charge in [-0.3, -0.25) is 4.79 Å². The number of aryl methyl sites for hydroxylation is 1. The van der Waals surface area contributed by atoms with E-state index in [1.54, 1.807) is 30.4 Å². The molecule has 0 unspecified atom stereocenters. The van der Waals surface area contributed by atoms with Crippen LogP contribution in [-0.2, 0) is 4.79 Å². The van der Waals surface area contributed by atoms with Gasteiger partial charge < -0.3 is 10.1 Å². The third-order valence-corrected chi connectivity index (χ3v) is 2.22. The van der Waals surface area contributed by atoms with Crippen LogP contribution in [-0.4, -0.2) is 25.2 Å². The smallest absolute Gasteiger partial charge is 0.405 e. The highest BCUT2D eigenvalue weighted by Crippen LogP contribution is 2.21. The molecule has 1 aromatic rings. The highest BCUT2D eigenvalue weighted by atomic mass is 35.5. The maximum atomic E-state index is 11.8. The van der Waals surface area contributed by atoms with E-state index in [-0.39, 0.29) is 0 Å². The van der Waals surface area contributed by atoms with Crippen LogP contribution in [0.1, 0.15) is 5.56 Å². The summed E-state index contributed by atoms with van der Waals surface area (Å²) in [5, 5.41) is 2.22. The van der Waals surface area contributed by atoms with Crippen molar-refractivity contribution in [2.45, 2.75) is 13.1 Å². The lowest BCUT2D eigenvalue weighted by atomic mass is 10.2. The van der Waals surface area contributed by atoms with E-state index in [1.807, 2.05) is 0 Å². The SMILES string of the molecule is Cc1cc(Cl)ccc1OCC(=O)NCC(F)(F)F. The molecule has 0 atom stereocenters. The van der Waals surface area contributed by atoms with Crippen molar-refractivity contribution in [2.24, 2.45) is 0 Å². The number of hydrogen-bond acceptors (Lipinski definition) is 2. The normalized spacial score (nSPS) is 11.2. The first-order valence-corrected chi connectivity index (χ1v) is 5.38. The van der Waals surface area contributed by atoms with Gasteiger partial charge in [0.05, 0.1) is 0 Å². The fraction of sp³-hybridized carbons (Fsp3) is 0.364. The summed E-state index contributed by atoms with van der Waals surface area (Å²) < 4.78 is 40.5. The van der Waals surface area contributed by atoms with Crippen LogP contribution < -0.4 is 10.1 Å². The average molecular weight is 282 g/mol. The first-order valence-electron chi connectivity index (χ1n) is 5.00. The van der Waals surface area contributed by atoms with E-state index >= 15 is 0 Å². The van der Waals surface area contributed by atoms with E-state index in [0.29, 0.717) is 16.3 Å². The predicted molar refractivity (Wildman–Crippen MR) is 60.7 cm³/mol. The lowest BCUT2D eigenvalue weighted by Crippen LogP contribution is -2.36. The summed E-state index contributed by atoms with van der Waals surface area (Å²) in [4.78, 5) is 11.1. The van der Waals surface area contributed by atoms with Crippen LogP contribution in [0.5, 0.6) is 5.75 Å². The van der Waals surface area contributed by atoms with Crippen molar-refractivity contribution in [3.8, 4) is 5.75 Å². The Kier molecular flexibility index (Phi) is 4.84. The van der Waals surface area contributed by atoms with Gasteiger partial charge in [-0.25, -0.2) is 0 Å². The van der Waals surface area contributed by atoms with Crippen LogP contribution >= 0.6 is 11.6 Å². The second-order valence-corrected chi connectivity index (χ2v) is 4.03. The molecule has 1 aromatic carbocycles. The molecule has 100 valence electrons. The fourth-order valence-electron chi connectivity index (χ4n) is 1.17. The monoisotopic (exact) mass is 281 g/mol. The van der Waals surface area contributed by atoms with Crippen molar-refractivity contribution in [2.75, 3.05) is 13.2 Å². The lowest BCUT2D eigenvalue weighted by molar-refractivity contribution is -0.139. The Balaban J connectivity index is 2.43. The standard InChI is InChI=1S/C11H11ClF3NO2/c1-7-4-8(12)2-3-9(7)18-5-10(17)16-6-11(13,14)15/h2-4H,5-6H2,1H3,(H,16,17). The Hall–Kier alpha value is -1.43. The molecule has 7 heteroatoms. The number of carbonyl (C=O) groups is 1. The second kappa shape index (κ2) is 5.95. The Morgan fingerprint density at radius 3 is 2.67 bits per heavy atom. The summed E-state index contributed by atoms with van der Waals surface area (Å²) >= 11 is 5.72. The Morgan fingerprint density at radius 1 is 1.44 bits per heavy atom. The number of amides is 1. The van der Waals surface area contributed by atoms with Gasteiger partial charge in [-0.2, -0.15) is 13.2 Å². The Morgan fingerprint density at radius 2 is 2.11 bits per heavy atom. The third kappa shape index (κ3) is 5.27. The van der Waals surface area contributed by atoms with Crippen LogP contribution in [0.25, 0.3) is 0 Å². The zero-order valence-electron chi connectivity index (χ0n) is 9.47. The van der Waals surface area contributed by atoms with Gasteiger partial charge >= 0.3 is 6.18 Å². The van der Waals surface area contributed by atoms with Gasteiger partial charge in [0.15, 0.2) is 6.61 Å². The van der Waals surface area contributed by atoms with E-state index < -0.39 is 25.2 Å². The van der Waals surface area contributed by atoms with Gasteiger partial charge in [0.1, 0.15) is 12.3 Å². The molecule has 0 spiro atoms. The molecular weight excluding hydrogens is 271 g/mol.